The quantitative estimate of drug-likeness (QED) is 0.498. The van der Waals surface area contributed by atoms with Gasteiger partial charge in [0.1, 0.15) is 0 Å². The molecule has 2 heterocycles. The van der Waals surface area contributed by atoms with Crippen LogP contribution >= 0.6 is 46.1 Å². The smallest absolute Gasteiger partial charge is 0.0421 e. The van der Waals surface area contributed by atoms with Crippen molar-refractivity contribution < 1.29 is 0 Å². The van der Waals surface area contributed by atoms with Crippen molar-refractivity contribution in [1.29, 1.82) is 0 Å². The van der Waals surface area contributed by atoms with Gasteiger partial charge in [0.2, 0.25) is 0 Å². The third-order valence-electron chi connectivity index (χ3n) is 2.39. The molecule has 0 fully saturated rings. The Morgan fingerprint density at radius 2 is 1.88 bits per heavy atom. The minimum atomic E-state index is 0.278. The van der Waals surface area contributed by atoms with Gasteiger partial charge in [0, 0.05) is 19.2 Å². The van der Waals surface area contributed by atoms with E-state index in [4.69, 9.17) is 0 Å². The van der Waals surface area contributed by atoms with Crippen LogP contribution in [0.25, 0.3) is 4.91 Å². The number of allylic oxidation sites excluding steroid dienone is 3. The SMILES string of the molecule is CC1=C(Br)C2=S(SC(c3ccccc3)=C2)S1. The molecule has 1 aromatic rings. The number of hydrogen-bond acceptors (Lipinski definition) is 2. The molecule has 0 aliphatic carbocycles. The first-order valence-electron chi connectivity index (χ1n) is 4.87. The molecule has 0 aromatic heterocycles. The minimum absolute atomic E-state index is 0.278. The van der Waals surface area contributed by atoms with Crippen molar-refractivity contribution in [2.45, 2.75) is 6.92 Å². The molecule has 1 atom stereocenters. The van der Waals surface area contributed by atoms with Crippen LogP contribution in [-0.2, 0) is 0 Å². The average molecular weight is 329 g/mol. The fraction of sp³-hybridized carbons (Fsp3) is 0.0833. The van der Waals surface area contributed by atoms with Gasteiger partial charge in [0.15, 0.2) is 0 Å². The van der Waals surface area contributed by atoms with Crippen molar-refractivity contribution in [2.24, 2.45) is 0 Å². The summed E-state index contributed by atoms with van der Waals surface area (Å²) in [6, 6.07) is 10.6. The lowest BCUT2D eigenvalue weighted by molar-refractivity contribution is 1.65. The summed E-state index contributed by atoms with van der Waals surface area (Å²) in [5.41, 5.74) is 1.33. The van der Waals surface area contributed by atoms with E-state index in [2.05, 4.69) is 59.3 Å². The first-order chi connectivity index (χ1) is 7.75. The molecule has 1 aromatic carbocycles. The molecule has 82 valence electrons. The summed E-state index contributed by atoms with van der Waals surface area (Å²) >= 11 is 3.68. The predicted octanol–water partition coefficient (Wildman–Crippen LogP) is 5.42. The van der Waals surface area contributed by atoms with Gasteiger partial charge in [-0.25, -0.2) is 0 Å². The lowest BCUT2D eigenvalue weighted by Gasteiger charge is -2.03. The van der Waals surface area contributed by atoms with E-state index < -0.39 is 0 Å². The van der Waals surface area contributed by atoms with E-state index >= 15 is 0 Å². The van der Waals surface area contributed by atoms with Crippen molar-refractivity contribution >= 4 is 55.8 Å². The van der Waals surface area contributed by atoms with E-state index in [1.165, 1.54) is 24.7 Å². The molecule has 2 aliphatic rings. The van der Waals surface area contributed by atoms with Gasteiger partial charge in [-0.05, 0) is 34.5 Å². The molecule has 0 N–H and O–H groups in total. The lowest BCUT2D eigenvalue weighted by Crippen LogP contribution is -1.86. The van der Waals surface area contributed by atoms with Crippen LogP contribution in [0.15, 0.2) is 45.8 Å². The summed E-state index contributed by atoms with van der Waals surface area (Å²) in [6.07, 6.45) is 2.33. The largest absolute Gasteiger partial charge is 0.0622 e. The predicted molar refractivity (Wildman–Crippen MR) is 83.8 cm³/mol. The molecule has 0 radical (unpaired) electrons. The molecular weight excluding hydrogens is 320 g/mol. The third-order valence-corrected chi connectivity index (χ3v) is 10.4. The molecule has 4 heteroatoms. The standard InChI is InChI=1S/C12H9BrS3/c1-8-12(13)11-7-10(15-16(11)14-8)9-5-3-2-4-6-9/h2-7H,1H3. The number of rotatable bonds is 1. The fourth-order valence-electron chi connectivity index (χ4n) is 1.57. The molecule has 0 saturated carbocycles. The van der Waals surface area contributed by atoms with E-state index in [9.17, 15) is 0 Å². The van der Waals surface area contributed by atoms with E-state index in [1.54, 1.807) is 0 Å². The molecule has 16 heavy (non-hydrogen) atoms. The fourth-order valence-corrected chi connectivity index (χ4v) is 10.4. The summed E-state index contributed by atoms with van der Waals surface area (Å²) in [6.45, 7) is 2.18. The van der Waals surface area contributed by atoms with Crippen molar-refractivity contribution in [3.63, 3.8) is 0 Å². The van der Waals surface area contributed by atoms with Crippen LogP contribution in [0, 0.1) is 0 Å². The van der Waals surface area contributed by atoms with Crippen molar-refractivity contribution in [1.82, 2.24) is 0 Å². The monoisotopic (exact) mass is 328 g/mol. The average Bonchev–Trinajstić information content (AvgIpc) is 2.82. The van der Waals surface area contributed by atoms with Gasteiger partial charge in [-0.1, -0.05) is 60.5 Å². The maximum atomic E-state index is 3.68. The van der Waals surface area contributed by atoms with E-state index in [0.29, 0.717) is 0 Å². The second-order valence-corrected chi connectivity index (χ2v) is 10.2. The number of benzene rings is 1. The Kier molecular flexibility index (Phi) is 3.09. The van der Waals surface area contributed by atoms with Crippen LogP contribution in [0.4, 0.5) is 0 Å². The van der Waals surface area contributed by atoms with Crippen molar-refractivity contribution in [3.05, 3.63) is 51.4 Å². The zero-order valence-corrected chi connectivity index (χ0v) is 12.6. The second kappa shape index (κ2) is 4.41. The summed E-state index contributed by atoms with van der Waals surface area (Å²) in [7, 11) is 4.24. The minimum Gasteiger partial charge on any atom is -0.0622 e. The van der Waals surface area contributed by atoms with Gasteiger partial charge in [-0.2, -0.15) is 0 Å². The molecule has 0 nitrogen and oxygen atoms in total. The second-order valence-electron chi connectivity index (χ2n) is 3.51. The summed E-state index contributed by atoms with van der Waals surface area (Å²) in [5.74, 6) is 0. The summed E-state index contributed by atoms with van der Waals surface area (Å²) in [5, 5.41) is 0. The molecule has 0 spiro atoms. The first kappa shape index (κ1) is 11.2. The number of halogens is 1. The molecule has 0 amide bonds. The van der Waals surface area contributed by atoms with Crippen LogP contribution in [0.3, 0.4) is 0 Å². The van der Waals surface area contributed by atoms with Crippen LogP contribution in [0.2, 0.25) is 0 Å². The van der Waals surface area contributed by atoms with Crippen LogP contribution < -0.4 is 0 Å². The van der Waals surface area contributed by atoms with Crippen LogP contribution in [0.5, 0.6) is 0 Å². The normalized spacial score (nSPS) is 23.8. The van der Waals surface area contributed by atoms with Gasteiger partial charge in [-0.3, -0.25) is 0 Å². The molecule has 2 aliphatic heterocycles. The van der Waals surface area contributed by atoms with Gasteiger partial charge >= 0.3 is 0 Å². The van der Waals surface area contributed by atoms with Crippen molar-refractivity contribution in [2.75, 3.05) is 0 Å². The first-order valence-corrected chi connectivity index (χ1v) is 9.56. The zero-order valence-electron chi connectivity index (χ0n) is 8.57. The Labute approximate surface area is 113 Å². The highest BCUT2D eigenvalue weighted by atomic mass is 79.9. The lowest BCUT2D eigenvalue weighted by atomic mass is 10.2. The van der Waals surface area contributed by atoms with Crippen LogP contribution in [-0.4, -0.2) is 4.86 Å². The summed E-state index contributed by atoms with van der Waals surface area (Å²) in [4.78, 5) is 4.27. The van der Waals surface area contributed by atoms with E-state index in [-0.39, 0.29) is 8.55 Å². The van der Waals surface area contributed by atoms with Gasteiger partial charge in [-0.15, -0.1) is 0 Å². The summed E-state index contributed by atoms with van der Waals surface area (Å²) < 4.78 is 1.30. The van der Waals surface area contributed by atoms with Gasteiger partial charge in [0.05, 0.1) is 0 Å². The molecule has 1 unspecified atom stereocenters. The highest BCUT2D eigenvalue weighted by Crippen LogP contribution is 2.63. The van der Waals surface area contributed by atoms with Gasteiger partial charge < -0.3 is 0 Å². The van der Waals surface area contributed by atoms with Crippen molar-refractivity contribution in [3.8, 4) is 0 Å². The highest BCUT2D eigenvalue weighted by Gasteiger charge is 2.26. The van der Waals surface area contributed by atoms with Gasteiger partial charge in [0.25, 0.3) is 0 Å². The molecule has 0 bridgehead atoms. The third kappa shape index (κ3) is 1.86. The molecule has 3 rings (SSSR count). The zero-order chi connectivity index (χ0) is 11.1. The molecular formula is C12H9BrS3. The number of hydrogen-bond donors (Lipinski definition) is 0. The molecule has 0 saturated heterocycles. The van der Waals surface area contributed by atoms with E-state index in [0.717, 1.165) is 0 Å². The highest BCUT2D eigenvalue weighted by molar-refractivity contribution is 9.20. The van der Waals surface area contributed by atoms with E-state index in [1.807, 2.05) is 21.6 Å². The Morgan fingerprint density at radius 1 is 1.12 bits per heavy atom. The Morgan fingerprint density at radius 3 is 2.56 bits per heavy atom. The Balaban J connectivity index is 1.96. The topological polar surface area (TPSA) is 0 Å². The Hall–Kier alpha value is 0.1000. The maximum absolute atomic E-state index is 3.68. The van der Waals surface area contributed by atoms with Crippen LogP contribution in [0.1, 0.15) is 12.5 Å². The maximum Gasteiger partial charge on any atom is 0.0421 e. The Bertz CT molecular complexity index is 541.